The van der Waals surface area contributed by atoms with Crippen molar-refractivity contribution in [2.45, 2.75) is 4.90 Å². The monoisotopic (exact) mass is 483 g/mol. The van der Waals surface area contributed by atoms with E-state index < -0.39 is 10.0 Å². The molecule has 1 aliphatic rings. The second-order valence-electron chi connectivity index (χ2n) is 8.48. The van der Waals surface area contributed by atoms with Crippen molar-refractivity contribution in [1.82, 2.24) is 4.90 Å². The van der Waals surface area contributed by atoms with E-state index in [1.54, 1.807) is 30.3 Å². The maximum absolute atomic E-state index is 13.9. The first-order valence-corrected chi connectivity index (χ1v) is 12.7. The summed E-state index contributed by atoms with van der Waals surface area (Å²) in [7, 11) is 0.0557. The predicted octanol–water partition coefficient (Wildman–Crippen LogP) is 4.09. The first-order chi connectivity index (χ1) is 16.3. The number of halogens is 1. The number of anilines is 2. The molecule has 0 aliphatic carbocycles. The predicted molar refractivity (Wildman–Crippen MR) is 134 cm³/mol. The summed E-state index contributed by atoms with van der Waals surface area (Å²) in [6.07, 6.45) is 0. The Labute approximate surface area is 201 Å². The SMILES string of the molecule is CN(C)c1ccc(N(CCN2CCOCC2)S(=O)(=O)c2cccc(-c3ccc(F)cc3)c2)cc1. The molecule has 1 fully saturated rings. The van der Waals surface area contributed by atoms with E-state index >= 15 is 0 Å². The lowest BCUT2D eigenvalue weighted by Gasteiger charge is -2.31. The second-order valence-corrected chi connectivity index (χ2v) is 10.3. The second kappa shape index (κ2) is 10.5. The summed E-state index contributed by atoms with van der Waals surface area (Å²) in [6.45, 7) is 3.81. The van der Waals surface area contributed by atoms with Gasteiger partial charge >= 0.3 is 0 Å². The average molecular weight is 484 g/mol. The van der Waals surface area contributed by atoms with Crippen LogP contribution in [-0.2, 0) is 14.8 Å². The van der Waals surface area contributed by atoms with Gasteiger partial charge in [-0.05, 0) is 59.7 Å². The third kappa shape index (κ3) is 5.58. The number of hydrogen-bond donors (Lipinski definition) is 0. The maximum Gasteiger partial charge on any atom is 0.264 e. The third-order valence-electron chi connectivity index (χ3n) is 5.98. The number of morpholine rings is 1. The van der Waals surface area contributed by atoms with Crippen molar-refractivity contribution in [3.8, 4) is 11.1 Å². The van der Waals surface area contributed by atoms with Crippen molar-refractivity contribution >= 4 is 21.4 Å². The molecule has 0 amide bonds. The van der Waals surface area contributed by atoms with Crippen LogP contribution in [0.5, 0.6) is 0 Å². The van der Waals surface area contributed by atoms with E-state index in [2.05, 4.69) is 4.90 Å². The summed E-state index contributed by atoms with van der Waals surface area (Å²) in [5.74, 6) is -0.331. The highest BCUT2D eigenvalue weighted by Crippen LogP contribution is 2.29. The Morgan fingerprint density at radius 3 is 2.18 bits per heavy atom. The van der Waals surface area contributed by atoms with E-state index in [0.717, 1.165) is 29.9 Å². The summed E-state index contributed by atoms with van der Waals surface area (Å²) in [5.41, 5.74) is 3.09. The topological polar surface area (TPSA) is 53.1 Å². The summed E-state index contributed by atoms with van der Waals surface area (Å²) >= 11 is 0. The molecule has 0 radical (unpaired) electrons. The van der Waals surface area contributed by atoms with Crippen molar-refractivity contribution in [2.24, 2.45) is 0 Å². The zero-order chi connectivity index (χ0) is 24.1. The van der Waals surface area contributed by atoms with Gasteiger partial charge in [-0.1, -0.05) is 24.3 Å². The molecule has 1 heterocycles. The highest BCUT2D eigenvalue weighted by Gasteiger charge is 2.26. The molecular formula is C26H30FN3O3S. The van der Waals surface area contributed by atoms with Crippen LogP contribution in [0, 0.1) is 5.82 Å². The first kappa shape index (κ1) is 24.2. The minimum atomic E-state index is -3.84. The molecular weight excluding hydrogens is 453 g/mol. The Balaban J connectivity index is 1.67. The van der Waals surface area contributed by atoms with Crippen LogP contribution in [0.3, 0.4) is 0 Å². The lowest BCUT2D eigenvalue weighted by molar-refractivity contribution is 0.0395. The summed E-state index contributed by atoms with van der Waals surface area (Å²) < 4.78 is 48.0. The van der Waals surface area contributed by atoms with Gasteiger partial charge in [0.25, 0.3) is 10.0 Å². The molecule has 34 heavy (non-hydrogen) atoms. The van der Waals surface area contributed by atoms with E-state index in [1.807, 2.05) is 49.3 Å². The lowest BCUT2D eigenvalue weighted by Crippen LogP contribution is -2.43. The van der Waals surface area contributed by atoms with E-state index in [0.29, 0.717) is 32.0 Å². The van der Waals surface area contributed by atoms with Gasteiger partial charge in [-0.3, -0.25) is 9.21 Å². The van der Waals surface area contributed by atoms with E-state index in [-0.39, 0.29) is 10.7 Å². The normalized spacial score (nSPS) is 14.7. The summed E-state index contributed by atoms with van der Waals surface area (Å²) in [5, 5.41) is 0. The molecule has 0 N–H and O–H groups in total. The van der Waals surface area contributed by atoms with Gasteiger partial charge in [0.1, 0.15) is 5.82 Å². The van der Waals surface area contributed by atoms with Crippen molar-refractivity contribution in [3.63, 3.8) is 0 Å². The quantitative estimate of drug-likeness (QED) is 0.483. The lowest BCUT2D eigenvalue weighted by atomic mass is 10.1. The largest absolute Gasteiger partial charge is 0.379 e. The molecule has 0 saturated carbocycles. The molecule has 6 nitrogen and oxygen atoms in total. The van der Waals surface area contributed by atoms with Crippen molar-refractivity contribution < 1.29 is 17.5 Å². The highest BCUT2D eigenvalue weighted by atomic mass is 32.2. The van der Waals surface area contributed by atoms with E-state index in [1.165, 1.54) is 16.4 Å². The average Bonchev–Trinajstić information content (AvgIpc) is 2.85. The fraction of sp³-hybridized carbons (Fsp3) is 0.308. The fourth-order valence-corrected chi connectivity index (χ4v) is 5.47. The standard InChI is InChI=1S/C26H30FN3O3S/c1-28(2)24-10-12-25(13-11-24)30(15-14-29-16-18-33-19-17-29)34(31,32)26-5-3-4-22(20-26)21-6-8-23(27)9-7-21/h3-13,20H,14-19H2,1-2H3. The van der Waals surface area contributed by atoms with E-state index in [4.69, 9.17) is 4.74 Å². The highest BCUT2D eigenvalue weighted by molar-refractivity contribution is 7.92. The Morgan fingerprint density at radius 1 is 0.882 bits per heavy atom. The zero-order valence-corrected chi connectivity index (χ0v) is 20.3. The fourth-order valence-electron chi connectivity index (χ4n) is 3.97. The Kier molecular flexibility index (Phi) is 7.50. The molecule has 180 valence electrons. The van der Waals surface area contributed by atoms with Gasteiger partial charge in [0, 0.05) is 46.0 Å². The number of ether oxygens (including phenoxy) is 1. The zero-order valence-electron chi connectivity index (χ0n) is 19.5. The minimum absolute atomic E-state index is 0.202. The van der Waals surface area contributed by atoms with Gasteiger partial charge < -0.3 is 9.64 Å². The van der Waals surface area contributed by atoms with Gasteiger partial charge in [0.15, 0.2) is 0 Å². The van der Waals surface area contributed by atoms with Gasteiger partial charge in [0.2, 0.25) is 0 Å². The van der Waals surface area contributed by atoms with Crippen LogP contribution >= 0.6 is 0 Å². The van der Waals surface area contributed by atoms with Crippen LogP contribution in [0.25, 0.3) is 11.1 Å². The van der Waals surface area contributed by atoms with Crippen LogP contribution in [0.15, 0.2) is 77.7 Å². The Morgan fingerprint density at radius 2 is 1.53 bits per heavy atom. The molecule has 3 aromatic rings. The number of rotatable bonds is 8. The number of sulfonamides is 1. The molecule has 1 aliphatic heterocycles. The molecule has 0 spiro atoms. The Bertz CT molecular complexity index is 1190. The van der Waals surface area contributed by atoms with E-state index in [9.17, 15) is 12.8 Å². The molecule has 8 heteroatoms. The minimum Gasteiger partial charge on any atom is -0.379 e. The van der Waals surface area contributed by atoms with Gasteiger partial charge in [-0.2, -0.15) is 0 Å². The van der Waals surface area contributed by atoms with Crippen LogP contribution < -0.4 is 9.21 Å². The van der Waals surface area contributed by atoms with Crippen LogP contribution in [0.1, 0.15) is 0 Å². The van der Waals surface area contributed by atoms with Crippen molar-refractivity contribution in [3.05, 3.63) is 78.6 Å². The van der Waals surface area contributed by atoms with Crippen LogP contribution in [0.2, 0.25) is 0 Å². The molecule has 0 atom stereocenters. The summed E-state index contributed by atoms with van der Waals surface area (Å²) in [4.78, 5) is 4.39. The van der Waals surface area contributed by atoms with Gasteiger partial charge in [0.05, 0.1) is 23.8 Å². The maximum atomic E-state index is 13.9. The Hall–Kier alpha value is -2.94. The van der Waals surface area contributed by atoms with Crippen molar-refractivity contribution in [2.75, 3.05) is 62.7 Å². The van der Waals surface area contributed by atoms with Crippen LogP contribution in [0.4, 0.5) is 15.8 Å². The molecule has 0 aromatic heterocycles. The molecule has 0 bridgehead atoms. The number of nitrogens with zero attached hydrogens (tertiary/aromatic N) is 3. The number of benzene rings is 3. The van der Waals surface area contributed by atoms with Gasteiger partial charge in [-0.25, -0.2) is 12.8 Å². The van der Waals surface area contributed by atoms with Crippen molar-refractivity contribution in [1.29, 1.82) is 0 Å². The smallest absolute Gasteiger partial charge is 0.264 e. The molecule has 3 aromatic carbocycles. The first-order valence-electron chi connectivity index (χ1n) is 11.3. The molecule has 0 unspecified atom stereocenters. The molecule has 1 saturated heterocycles. The summed E-state index contributed by atoms with van der Waals surface area (Å²) in [6, 6.07) is 20.4. The van der Waals surface area contributed by atoms with Crippen LogP contribution in [-0.4, -0.2) is 66.8 Å². The number of hydrogen-bond acceptors (Lipinski definition) is 5. The molecule has 4 rings (SSSR count). The van der Waals surface area contributed by atoms with Gasteiger partial charge in [-0.15, -0.1) is 0 Å². The third-order valence-corrected chi connectivity index (χ3v) is 7.80.